The van der Waals surface area contributed by atoms with Gasteiger partial charge < -0.3 is 9.84 Å². The Kier molecular flexibility index (Phi) is 6.17. The van der Waals surface area contributed by atoms with Gasteiger partial charge in [-0.2, -0.15) is 0 Å². The highest BCUT2D eigenvalue weighted by Crippen LogP contribution is 2.35. The number of rotatable bonds is 7. The van der Waals surface area contributed by atoms with Gasteiger partial charge in [0, 0.05) is 25.7 Å². The first-order valence-corrected chi connectivity index (χ1v) is 5.77. The monoisotopic (exact) mass is 217 g/mol. The van der Waals surface area contributed by atoms with Crippen LogP contribution in [-0.4, -0.2) is 38.6 Å². The molecule has 0 atom stereocenters. The largest absolute Gasteiger partial charge is 0.396 e. The van der Waals surface area contributed by atoms with Crippen molar-refractivity contribution >= 4 is 0 Å². The maximum Gasteiger partial charge on any atom is 0.0915 e. The number of hydrogen-bond acceptors (Lipinski definition) is 4. The van der Waals surface area contributed by atoms with E-state index in [2.05, 4.69) is 5.48 Å². The van der Waals surface area contributed by atoms with Crippen molar-refractivity contribution in [2.75, 3.05) is 33.5 Å². The van der Waals surface area contributed by atoms with E-state index < -0.39 is 0 Å². The summed E-state index contributed by atoms with van der Waals surface area (Å²) in [6, 6.07) is 0. The number of ether oxygens (including phenoxy) is 1. The van der Waals surface area contributed by atoms with Crippen LogP contribution in [0.15, 0.2) is 0 Å². The Labute approximate surface area is 91.9 Å². The van der Waals surface area contributed by atoms with Crippen molar-refractivity contribution in [2.45, 2.75) is 32.1 Å². The summed E-state index contributed by atoms with van der Waals surface area (Å²) in [4.78, 5) is 5.22. The quantitative estimate of drug-likeness (QED) is 0.495. The summed E-state index contributed by atoms with van der Waals surface area (Å²) in [6.45, 7) is 2.15. The smallest absolute Gasteiger partial charge is 0.0915 e. The topological polar surface area (TPSA) is 50.7 Å². The predicted molar refractivity (Wildman–Crippen MR) is 58.4 cm³/mol. The molecule has 4 heteroatoms. The third kappa shape index (κ3) is 4.47. The Morgan fingerprint density at radius 1 is 1.20 bits per heavy atom. The SMILES string of the molecule is COCCONCC1(CO)CCCCC1. The molecule has 0 saturated heterocycles. The van der Waals surface area contributed by atoms with Crippen LogP contribution in [0, 0.1) is 5.41 Å². The van der Waals surface area contributed by atoms with Crippen LogP contribution in [0.1, 0.15) is 32.1 Å². The highest BCUT2D eigenvalue weighted by molar-refractivity contribution is 4.83. The molecule has 1 aliphatic rings. The zero-order valence-electron chi connectivity index (χ0n) is 9.63. The van der Waals surface area contributed by atoms with Crippen LogP contribution in [0.2, 0.25) is 0 Å². The zero-order valence-corrected chi connectivity index (χ0v) is 9.63. The predicted octanol–water partition coefficient (Wildman–Crippen LogP) is 1.10. The van der Waals surface area contributed by atoms with Crippen LogP contribution in [0.5, 0.6) is 0 Å². The number of methoxy groups -OCH3 is 1. The lowest BCUT2D eigenvalue weighted by molar-refractivity contribution is -0.0294. The maximum absolute atomic E-state index is 9.42. The summed E-state index contributed by atoms with van der Waals surface area (Å²) < 4.78 is 4.87. The zero-order chi connectivity index (χ0) is 11.0. The molecule has 0 aromatic carbocycles. The van der Waals surface area contributed by atoms with Crippen molar-refractivity contribution in [3.8, 4) is 0 Å². The fourth-order valence-electron chi connectivity index (χ4n) is 2.09. The summed E-state index contributed by atoms with van der Waals surface area (Å²) in [7, 11) is 1.65. The fraction of sp³-hybridized carbons (Fsp3) is 1.00. The van der Waals surface area contributed by atoms with Gasteiger partial charge in [0.25, 0.3) is 0 Å². The Hall–Kier alpha value is -0.160. The Morgan fingerprint density at radius 2 is 1.93 bits per heavy atom. The normalized spacial score (nSPS) is 20.4. The molecule has 0 bridgehead atoms. The van der Waals surface area contributed by atoms with Crippen molar-refractivity contribution < 1.29 is 14.7 Å². The van der Waals surface area contributed by atoms with Gasteiger partial charge in [0.05, 0.1) is 13.2 Å². The highest BCUT2D eigenvalue weighted by Gasteiger charge is 2.30. The van der Waals surface area contributed by atoms with E-state index in [9.17, 15) is 5.11 Å². The third-order valence-corrected chi connectivity index (χ3v) is 3.19. The summed E-state index contributed by atoms with van der Waals surface area (Å²) in [5, 5.41) is 9.42. The molecule has 0 unspecified atom stereocenters. The molecule has 1 aliphatic carbocycles. The summed E-state index contributed by atoms with van der Waals surface area (Å²) in [6.07, 6.45) is 5.95. The van der Waals surface area contributed by atoms with Gasteiger partial charge in [-0.1, -0.05) is 19.3 Å². The van der Waals surface area contributed by atoms with Crippen molar-refractivity contribution in [1.82, 2.24) is 5.48 Å². The van der Waals surface area contributed by atoms with Gasteiger partial charge in [-0.05, 0) is 12.8 Å². The van der Waals surface area contributed by atoms with E-state index in [1.807, 2.05) is 0 Å². The van der Waals surface area contributed by atoms with Gasteiger partial charge >= 0.3 is 0 Å². The minimum atomic E-state index is 0.0469. The van der Waals surface area contributed by atoms with E-state index in [-0.39, 0.29) is 12.0 Å². The molecule has 4 nitrogen and oxygen atoms in total. The lowest BCUT2D eigenvalue weighted by atomic mass is 9.75. The molecule has 0 amide bonds. The number of hydrogen-bond donors (Lipinski definition) is 2. The summed E-state index contributed by atoms with van der Waals surface area (Å²) in [5.41, 5.74) is 2.99. The highest BCUT2D eigenvalue weighted by atomic mass is 16.7. The molecule has 0 heterocycles. The second-order valence-corrected chi connectivity index (χ2v) is 4.38. The first-order valence-electron chi connectivity index (χ1n) is 5.77. The fourth-order valence-corrected chi connectivity index (χ4v) is 2.09. The van der Waals surface area contributed by atoms with Crippen LogP contribution in [-0.2, 0) is 9.57 Å². The standard InChI is InChI=1S/C11H23NO3/c1-14-7-8-15-12-9-11(10-13)5-3-2-4-6-11/h12-13H,2-10H2,1H3. The molecule has 0 aromatic heterocycles. The average Bonchev–Trinajstić information content (AvgIpc) is 2.30. The van der Waals surface area contributed by atoms with Gasteiger partial charge in [-0.15, -0.1) is 0 Å². The van der Waals surface area contributed by atoms with Crippen molar-refractivity contribution in [3.63, 3.8) is 0 Å². The molecule has 0 radical (unpaired) electrons. The first kappa shape index (κ1) is 12.9. The number of nitrogens with one attached hydrogen (secondary N) is 1. The van der Waals surface area contributed by atoms with Crippen LogP contribution in [0.25, 0.3) is 0 Å². The van der Waals surface area contributed by atoms with E-state index in [0.29, 0.717) is 13.2 Å². The number of hydroxylamine groups is 1. The second-order valence-electron chi connectivity index (χ2n) is 4.38. The first-order chi connectivity index (χ1) is 7.33. The van der Waals surface area contributed by atoms with Gasteiger partial charge in [0.2, 0.25) is 0 Å². The Bertz CT molecular complexity index is 158. The van der Waals surface area contributed by atoms with Crippen LogP contribution in [0.4, 0.5) is 0 Å². The van der Waals surface area contributed by atoms with E-state index in [0.717, 1.165) is 19.4 Å². The Balaban J connectivity index is 2.15. The minimum Gasteiger partial charge on any atom is -0.396 e. The molecule has 1 fully saturated rings. The lowest BCUT2D eigenvalue weighted by Gasteiger charge is -2.35. The van der Waals surface area contributed by atoms with Crippen LogP contribution < -0.4 is 5.48 Å². The minimum absolute atomic E-state index is 0.0469. The Morgan fingerprint density at radius 3 is 2.53 bits per heavy atom. The van der Waals surface area contributed by atoms with Crippen LogP contribution in [0.3, 0.4) is 0 Å². The summed E-state index contributed by atoms with van der Waals surface area (Å²) in [5.74, 6) is 0. The van der Waals surface area contributed by atoms with E-state index in [4.69, 9.17) is 9.57 Å². The third-order valence-electron chi connectivity index (χ3n) is 3.19. The molecule has 15 heavy (non-hydrogen) atoms. The van der Waals surface area contributed by atoms with Gasteiger partial charge in [0.15, 0.2) is 0 Å². The molecule has 0 spiro atoms. The van der Waals surface area contributed by atoms with Gasteiger partial charge in [-0.25, -0.2) is 5.48 Å². The molecule has 1 rings (SSSR count). The van der Waals surface area contributed by atoms with Crippen molar-refractivity contribution in [1.29, 1.82) is 0 Å². The van der Waals surface area contributed by atoms with Gasteiger partial charge in [0.1, 0.15) is 0 Å². The molecular formula is C11H23NO3. The molecule has 1 saturated carbocycles. The van der Waals surface area contributed by atoms with E-state index >= 15 is 0 Å². The average molecular weight is 217 g/mol. The maximum atomic E-state index is 9.42. The van der Waals surface area contributed by atoms with E-state index in [1.165, 1.54) is 19.3 Å². The number of aliphatic hydroxyl groups excluding tert-OH is 1. The molecule has 2 N–H and O–H groups in total. The van der Waals surface area contributed by atoms with Gasteiger partial charge in [-0.3, -0.25) is 4.84 Å². The second kappa shape index (κ2) is 7.17. The molecule has 0 aliphatic heterocycles. The van der Waals surface area contributed by atoms with Crippen LogP contribution >= 0.6 is 0 Å². The summed E-state index contributed by atoms with van der Waals surface area (Å²) >= 11 is 0. The molecule has 90 valence electrons. The lowest BCUT2D eigenvalue weighted by Crippen LogP contribution is -2.39. The van der Waals surface area contributed by atoms with Crippen molar-refractivity contribution in [2.24, 2.45) is 5.41 Å². The van der Waals surface area contributed by atoms with E-state index in [1.54, 1.807) is 7.11 Å². The molecular weight excluding hydrogens is 194 g/mol. The molecule has 0 aromatic rings. The number of aliphatic hydroxyl groups is 1. The van der Waals surface area contributed by atoms with Crippen molar-refractivity contribution in [3.05, 3.63) is 0 Å².